The Labute approximate surface area is 124 Å². The van der Waals surface area contributed by atoms with Crippen molar-refractivity contribution in [2.45, 2.75) is 19.8 Å². The number of hydrogen-bond acceptors (Lipinski definition) is 2. The molecule has 0 aliphatic rings. The molecule has 1 rings (SSSR count). The van der Waals surface area contributed by atoms with Crippen LogP contribution in [0, 0.1) is 9.49 Å². The Bertz CT molecular complexity index is 465. The number of halogens is 2. The van der Waals surface area contributed by atoms with Crippen LogP contribution in [-0.2, 0) is 9.59 Å². The highest BCUT2D eigenvalue weighted by Gasteiger charge is 2.13. The Morgan fingerprint density at radius 2 is 2.11 bits per heavy atom. The van der Waals surface area contributed by atoms with Gasteiger partial charge in [0.05, 0.1) is 10.7 Å². The first-order chi connectivity index (χ1) is 8.38. The lowest BCUT2D eigenvalue weighted by molar-refractivity contribution is -0.138. The van der Waals surface area contributed by atoms with Gasteiger partial charge in [-0.1, -0.05) is 18.5 Å². The quantitative estimate of drug-likeness (QED) is 0.769. The maximum absolute atomic E-state index is 11.7. The molecule has 0 aliphatic carbocycles. The van der Waals surface area contributed by atoms with Crippen LogP contribution in [0.1, 0.15) is 19.8 Å². The zero-order chi connectivity index (χ0) is 13.7. The van der Waals surface area contributed by atoms with Crippen molar-refractivity contribution in [1.82, 2.24) is 0 Å². The van der Waals surface area contributed by atoms with E-state index in [1.54, 1.807) is 19.1 Å². The zero-order valence-electron chi connectivity index (χ0n) is 9.74. The molecule has 6 heteroatoms. The van der Waals surface area contributed by atoms with E-state index in [0.717, 1.165) is 3.57 Å². The van der Waals surface area contributed by atoms with E-state index in [1.165, 1.54) is 0 Å². The van der Waals surface area contributed by atoms with Crippen molar-refractivity contribution in [3.05, 3.63) is 26.8 Å². The lowest BCUT2D eigenvalue weighted by Gasteiger charge is -2.10. The second-order valence-corrected chi connectivity index (χ2v) is 5.73. The van der Waals surface area contributed by atoms with Gasteiger partial charge in [-0.25, -0.2) is 0 Å². The topological polar surface area (TPSA) is 66.4 Å². The Balaban J connectivity index is 2.56. The summed E-state index contributed by atoms with van der Waals surface area (Å²) in [6, 6.07) is 5.31. The lowest BCUT2D eigenvalue weighted by Crippen LogP contribution is -2.17. The summed E-state index contributed by atoms with van der Waals surface area (Å²) in [5, 5.41) is 11.8. The molecular weight excluding hydrogens is 368 g/mol. The summed E-state index contributed by atoms with van der Waals surface area (Å²) in [4.78, 5) is 22.2. The molecule has 0 aromatic heterocycles. The van der Waals surface area contributed by atoms with Crippen molar-refractivity contribution in [2.24, 2.45) is 5.92 Å². The van der Waals surface area contributed by atoms with Gasteiger partial charge in [0.1, 0.15) is 0 Å². The average Bonchev–Trinajstić information content (AvgIpc) is 2.20. The van der Waals surface area contributed by atoms with Gasteiger partial charge in [0.2, 0.25) is 5.91 Å². The molecule has 0 aliphatic heterocycles. The van der Waals surface area contributed by atoms with Crippen LogP contribution >= 0.6 is 34.2 Å². The van der Waals surface area contributed by atoms with Gasteiger partial charge in [-0.2, -0.15) is 0 Å². The van der Waals surface area contributed by atoms with Crippen LogP contribution < -0.4 is 5.32 Å². The summed E-state index contributed by atoms with van der Waals surface area (Å²) in [7, 11) is 0. The van der Waals surface area contributed by atoms with E-state index in [-0.39, 0.29) is 24.7 Å². The third-order valence-corrected chi connectivity index (χ3v) is 3.25. The second-order valence-electron chi connectivity index (χ2n) is 4.08. The second kappa shape index (κ2) is 6.94. The summed E-state index contributed by atoms with van der Waals surface area (Å²) in [5.74, 6) is -1.33. The fourth-order valence-corrected chi connectivity index (χ4v) is 2.38. The standard InChI is InChI=1S/C12H13ClINO3/c1-7(5-12(17)18)4-11(16)15-10-3-2-8(14)6-9(10)13/h2-3,6-7H,4-5H2,1H3,(H,15,16)(H,17,18). The number of amides is 1. The van der Waals surface area contributed by atoms with E-state index >= 15 is 0 Å². The number of rotatable bonds is 5. The molecule has 1 aromatic carbocycles. The Kier molecular flexibility index (Phi) is 5.87. The number of nitrogens with one attached hydrogen (secondary N) is 1. The molecule has 1 aromatic rings. The number of benzene rings is 1. The summed E-state index contributed by atoms with van der Waals surface area (Å²) in [5.41, 5.74) is 0.546. The van der Waals surface area contributed by atoms with Crippen molar-refractivity contribution in [3.63, 3.8) is 0 Å². The molecule has 0 radical (unpaired) electrons. The normalized spacial score (nSPS) is 11.9. The van der Waals surface area contributed by atoms with Crippen LogP contribution in [0.25, 0.3) is 0 Å². The largest absolute Gasteiger partial charge is 0.481 e. The van der Waals surface area contributed by atoms with Gasteiger partial charge in [-0.3, -0.25) is 9.59 Å². The first kappa shape index (κ1) is 15.2. The molecular formula is C12H13ClINO3. The molecule has 18 heavy (non-hydrogen) atoms. The Morgan fingerprint density at radius 1 is 1.44 bits per heavy atom. The van der Waals surface area contributed by atoms with E-state index in [0.29, 0.717) is 10.7 Å². The number of hydrogen-bond donors (Lipinski definition) is 2. The van der Waals surface area contributed by atoms with E-state index in [9.17, 15) is 9.59 Å². The summed E-state index contributed by atoms with van der Waals surface area (Å²) in [6.07, 6.45) is 0.141. The summed E-state index contributed by atoms with van der Waals surface area (Å²) in [6.45, 7) is 1.73. The molecule has 0 fully saturated rings. The molecule has 1 atom stereocenters. The number of carbonyl (C=O) groups is 2. The Morgan fingerprint density at radius 3 is 2.67 bits per heavy atom. The first-order valence-electron chi connectivity index (χ1n) is 5.35. The predicted molar refractivity (Wildman–Crippen MR) is 78.8 cm³/mol. The van der Waals surface area contributed by atoms with Gasteiger partial charge in [0.15, 0.2) is 0 Å². The van der Waals surface area contributed by atoms with Crippen molar-refractivity contribution < 1.29 is 14.7 Å². The highest BCUT2D eigenvalue weighted by molar-refractivity contribution is 14.1. The van der Waals surface area contributed by atoms with Crippen LogP contribution in [0.4, 0.5) is 5.69 Å². The molecule has 1 unspecified atom stereocenters. The van der Waals surface area contributed by atoms with Crippen LogP contribution in [0.5, 0.6) is 0 Å². The molecule has 0 spiro atoms. The minimum absolute atomic E-state index is 0.0200. The van der Waals surface area contributed by atoms with Crippen LogP contribution in [0.2, 0.25) is 5.02 Å². The maximum Gasteiger partial charge on any atom is 0.303 e. The van der Waals surface area contributed by atoms with E-state index in [1.807, 2.05) is 6.07 Å². The molecule has 0 heterocycles. The highest BCUT2D eigenvalue weighted by atomic mass is 127. The van der Waals surface area contributed by atoms with E-state index in [2.05, 4.69) is 27.9 Å². The Hall–Kier alpha value is -0.820. The van der Waals surface area contributed by atoms with Crippen molar-refractivity contribution in [2.75, 3.05) is 5.32 Å². The number of carbonyl (C=O) groups excluding carboxylic acids is 1. The van der Waals surface area contributed by atoms with Gasteiger partial charge >= 0.3 is 5.97 Å². The van der Waals surface area contributed by atoms with Gasteiger partial charge in [0.25, 0.3) is 0 Å². The van der Waals surface area contributed by atoms with Crippen molar-refractivity contribution in [3.8, 4) is 0 Å². The fourth-order valence-electron chi connectivity index (χ4n) is 1.48. The number of carboxylic acids is 1. The van der Waals surface area contributed by atoms with Gasteiger partial charge in [0, 0.05) is 16.4 Å². The monoisotopic (exact) mass is 381 g/mol. The molecule has 0 saturated heterocycles. The molecule has 1 amide bonds. The SMILES string of the molecule is CC(CC(=O)O)CC(=O)Nc1ccc(I)cc1Cl. The molecule has 0 bridgehead atoms. The van der Waals surface area contributed by atoms with E-state index in [4.69, 9.17) is 16.7 Å². The molecule has 2 N–H and O–H groups in total. The molecule has 98 valence electrons. The average molecular weight is 382 g/mol. The smallest absolute Gasteiger partial charge is 0.303 e. The first-order valence-corrected chi connectivity index (χ1v) is 6.81. The molecule has 0 saturated carbocycles. The number of carboxylic acid groups (broad SMARTS) is 1. The van der Waals surface area contributed by atoms with Gasteiger partial charge < -0.3 is 10.4 Å². The van der Waals surface area contributed by atoms with Crippen LogP contribution in [0.15, 0.2) is 18.2 Å². The molecule has 4 nitrogen and oxygen atoms in total. The fraction of sp³-hybridized carbons (Fsp3) is 0.333. The number of aliphatic carboxylic acids is 1. The number of anilines is 1. The third kappa shape index (κ3) is 5.22. The highest BCUT2D eigenvalue weighted by Crippen LogP contribution is 2.24. The van der Waals surface area contributed by atoms with Gasteiger partial charge in [-0.15, -0.1) is 0 Å². The minimum Gasteiger partial charge on any atom is -0.481 e. The van der Waals surface area contributed by atoms with Crippen LogP contribution in [-0.4, -0.2) is 17.0 Å². The van der Waals surface area contributed by atoms with Crippen molar-refractivity contribution in [1.29, 1.82) is 0 Å². The summed E-state index contributed by atoms with van der Waals surface area (Å²) < 4.78 is 0.981. The van der Waals surface area contributed by atoms with Gasteiger partial charge in [-0.05, 0) is 46.7 Å². The minimum atomic E-state index is -0.900. The van der Waals surface area contributed by atoms with Crippen molar-refractivity contribution >= 4 is 51.8 Å². The maximum atomic E-state index is 11.7. The lowest BCUT2D eigenvalue weighted by atomic mass is 10.0. The third-order valence-electron chi connectivity index (χ3n) is 2.26. The van der Waals surface area contributed by atoms with Crippen LogP contribution in [0.3, 0.4) is 0 Å². The van der Waals surface area contributed by atoms with E-state index < -0.39 is 5.97 Å². The summed E-state index contributed by atoms with van der Waals surface area (Å²) >= 11 is 8.11. The predicted octanol–water partition coefficient (Wildman–Crippen LogP) is 3.38. The zero-order valence-corrected chi connectivity index (χ0v) is 12.7.